The molecule has 3 heterocycles. The van der Waals surface area contributed by atoms with E-state index in [1.54, 1.807) is 23.5 Å². The van der Waals surface area contributed by atoms with Gasteiger partial charge >= 0.3 is 18.4 Å². The van der Waals surface area contributed by atoms with Gasteiger partial charge in [0.15, 0.2) is 5.69 Å². The SMILES string of the molecule is CN1CCC=CCC(OCc2ccccc2)(C(F)(F)F)c2nnc(o2)-c2nc(c(C(F)(F)F)cc2NC(=O)O)C1=O. The van der Waals surface area contributed by atoms with E-state index >= 15 is 0 Å². The molecule has 0 spiro atoms. The highest BCUT2D eigenvalue weighted by Gasteiger charge is 2.61. The molecule has 4 bridgehead atoms. The Morgan fingerprint density at radius 1 is 1.12 bits per heavy atom. The van der Waals surface area contributed by atoms with Gasteiger partial charge in [0.05, 0.1) is 17.9 Å². The molecule has 2 aromatic heterocycles. The number of benzene rings is 1. The molecule has 218 valence electrons. The van der Waals surface area contributed by atoms with E-state index in [0.717, 1.165) is 11.0 Å². The van der Waals surface area contributed by atoms with Crippen LogP contribution >= 0.6 is 0 Å². The number of alkyl halides is 6. The Morgan fingerprint density at radius 2 is 1.83 bits per heavy atom. The van der Waals surface area contributed by atoms with Gasteiger partial charge < -0.3 is 19.2 Å². The van der Waals surface area contributed by atoms with Crippen molar-refractivity contribution in [1.82, 2.24) is 20.1 Å². The Bertz CT molecular complexity index is 1460. The van der Waals surface area contributed by atoms with E-state index < -0.39 is 77.4 Å². The lowest BCUT2D eigenvalue weighted by Crippen LogP contribution is -2.45. The first-order chi connectivity index (χ1) is 19.2. The summed E-state index contributed by atoms with van der Waals surface area (Å²) in [5, 5.41) is 17.9. The van der Waals surface area contributed by atoms with Crippen molar-refractivity contribution in [3.8, 4) is 11.6 Å². The van der Waals surface area contributed by atoms with Gasteiger partial charge in [-0.2, -0.15) is 26.3 Å². The van der Waals surface area contributed by atoms with Gasteiger partial charge in [-0.25, -0.2) is 9.78 Å². The second-order valence-corrected chi connectivity index (χ2v) is 8.91. The summed E-state index contributed by atoms with van der Waals surface area (Å²) >= 11 is 0. The second-order valence-electron chi connectivity index (χ2n) is 8.91. The number of anilines is 1. The van der Waals surface area contributed by atoms with Crippen molar-refractivity contribution in [3.05, 3.63) is 71.3 Å². The van der Waals surface area contributed by atoms with Crippen LogP contribution in [0.1, 0.15) is 40.3 Å². The number of fused-ring (bicyclic) bond motifs is 5. The summed E-state index contributed by atoms with van der Waals surface area (Å²) < 4.78 is 96.7. The minimum Gasteiger partial charge on any atom is -0.465 e. The smallest absolute Gasteiger partial charge is 0.426 e. The molecule has 0 aliphatic carbocycles. The third-order valence-electron chi connectivity index (χ3n) is 6.08. The van der Waals surface area contributed by atoms with E-state index in [9.17, 15) is 41.0 Å². The number of amides is 2. The molecule has 0 fully saturated rings. The van der Waals surface area contributed by atoms with E-state index in [-0.39, 0.29) is 19.0 Å². The molecular weight excluding hydrogens is 564 g/mol. The highest BCUT2D eigenvalue weighted by Crippen LogP contribution is 2.46. The van der Waals surface area contributed by atoms with Gasteiger partial charge in [0.25, 0.3) is 17.7 Å². The van der Waals surface area contributed by atoms with Crippen molar-refractivity contribution >= 4 is 17.7 Å². The second kappa shape index (κ2) is 11.2. The quantitative estimate of drug-likeness (QED) is 0.297. The zero-order valence-electron chi connectivity index (χ0n) is 21.1. The zero-order chi connectivity index (χ0) is 30.0. The van der Waals surface area contributed by atoms with Crippen LogP contribution in [-0.4, -0.2) is 57.0 Å². The van der Waals surface area contributed by atoms with E-state index in [1.807, 2.05) is 0 Å². The molecule has 0 saturated heterocycles. The molecule has 1 aromatic carbocycles. The number of hydrogen-bond acceptors (Lipinski definition) is 7. The van der Waals surface area contributed by atoms with Crippen LogP contribution in [-0.2, 0) is 23.1 Å². The summed E-state index contributed by atoms with van der Waals surface area (Å²) in [7, 11) is 1.18. The molecule has 16 heteroatoms. The van der Waals surface area contributed by atoms with Crippen molar-refractivity contribution in [3.63, 3.8) is 0 Å². The summed E-state index contributed by atoms with van der Waals surface area (Å²) in [6.45, 7) is -0.710. The van der Waals surface area contributed by atoms with Crippen molar-refractivity contribution in [2.24, 2.45) is 0 Å². The molecule has 4 rings (SSSR count). The number of ether oxygens (including phenoxy) is 1. The first-order valence-corrected chi connectivity index (χ1v) is 11.8. The zero-order valence-corrected chi connectivity index (χ0v) is 21.1. The number of aromatic nitrogens is 3. The molecular formula is C25H21F6N5O5. The minimum atomic E-state index is -5.16. The van der Waals surface area contributed by atoms with Gasteiger partial charge in [-0.3, -0.25) is 10.1 Å². The van der Waals surface area contributed by atoms with Crippen LogP contribution in [0.5, 0.6) is 0 Å². The van der Waals surface area contributed by atoms with E-state index in [1.165, 1.54) is 25.3 Å². The monoisotopic (exact) mass is 585 g/mol. The summed E-state index contributed by atoms with van der Waals surface area (Å²) in [4.78, 5) is 28.9. The lowest BCUT2D eigenvalue weighted by molar-refractivity contribution is -0.295. The predicted octanol–water partition coefficient (Wildman–Crippen LogP) is 5.64. The molecule has 1 unspecified atom stereocenters. The molecule has 0 radical (unpaired) electrons. The molecule has 0 saturated carbocycles. The molecule has 2 amide bonds. The fourth-order valence-electron chi connectivity index (χ4n) is 3.97. The van der Waals surface area contributed by atoms with Crippen molar-refractivity contribution < 1.29 is 50.2 Å². The number of carboxylic acid groups (broad SMARTS) is 1. The molecule has 3 aromatic rings. The Hall–Kier alpha value is -4.47. The highest BCUT2D eigenvalue weighted by molar-refractivity contribution is 5.96. The standard InChI is InChI=1S/C25H21F6N5O5/c1-36-11-7-3-6-10-23(25(29,30)31,40-13-14-8-4-2-5-9-14)21-35-34-19(41-21)18-16(32-22(38)39)12-15(24(26,27)28)17(33-18)20(36)37/h2-6,8-9,12,32H,7,10-11,13H2,1H3,(H,38,39). The maximum atomic E-state index is 14.7. The molecule has 41 heavy (non-hydrogen) atoms. The molecule has 1 atom stereocenters. The largest absolute Gasteiger partial charge is 0.465 e. The minimum absolute atomic E-state index is 0.0309. The van der Waals surface area contributed by atoms with E-state index in [2.05, 4.69) is 15.2 Å². The van der Waals surface area contributed by atoms with E-state index in [4.69, 9.17) is 9.15 Å². The average molecular weight is 585 g/mol. The molecule has 1 aliphatic heterocycles. The van der Waals surface area contributed by atoms with Gasteiger partial charge in [-0.15, -0.1) is 10.2 Å². The maximum Gasteiger partial charge on any atom is 0.426 e. The van der Waals surface area contributed by atoms with Crippen LogP contribution in [0.3, 0.4) is 0 Å². The highest BCUT2D eigenvalue weighted by atomic mass is 19.4. The molecule has 2 N–H and O–H groups in total. The van der Waals surface area contributed by atoms with Crippen LogP contribution in [0, 0.1) is 0 Å². The Kier molecular flexibility index (Phi) is 8.05. The van der Waals surface area contributed by atoms with Gasteiger partial charge in [-0.1, -0.05) is 42.5 Å². The fourth-order valence-corrected chi connectivity index (χ4v) is 3.97. The number of carbonyl (C=O) groups is 2. The maximum absolute atomic E-state index is 14.7. The number of nitrogens with zero attached hydrogens (tertiary/aromatic N) is 4. The van der Waals surface area contributed by atoms with Crippen LogP contribution in [0.15, 0.2) is 53.0 Å². The predicted molar refractivity (Wildman–Crippen MR) is 128 cm³/mol. The first-order valence-electron chi connectivity index (χ1n) is 11.8. The molecule has 10 nitrogen and oxygen atoms in total. The van der Waals surface area contributed by atoms with Gasteiger partial charge in [0, 0.05) is 20.0 Å². The molecule has 1 aliphatic rings. The Labute approximate surface area is 227 Å². The van der Waals surface area contributed by atoms with Gasteiger partial charge in [0.2, 0.25) is 5.60 Å². The van der Waals surface area contributed by atoms with Crippen LogP contribution in [0.4, 0.5) is 36.8 Å². The van der Waals surface area contributed by atoms with Crippen LogP contribution < -0.4 is 5.32 Å². The van der Waals surface area contributed by atoms with Crippen molar-refractivity contribution in [2.45, 2.75) is 37.4 Å². The van der Waals surface area contributed by atoms with Gasteiger partial charge in [0.1, 0.15) is 5.69 Å². The number of rotatable bonds is 4. The van der Waals surface area contributed by atoms with Gasteiger partial charge in [-0.05, 0) is 18.1 Å². The summed E-state index contributed by atoms with van der Waals surface area (Å²) in [6.07, 6.45) is -10.6. The number of nitrogens with one attached hydrogen (secondary N) is 1. The summed E-state index contributed by atoms with van der Waals surface area (Å²) in [5.74, 6) is -3.17. The lowest BCUT2D eigenvalue weighted by Gasteiger charge is -2.31. The topological polar surface area (TPSA) is 131 Å². The van der Waals surface area contributed by atoms with Crippen molar-refractivity contribution in [1.29, 1.82) is 0 Å². The number of hydrogen-bond donors (Lipinski definition) is 2. The van der Waals surface area contributed by atoms with Crippen LogP contribution in [0.2, 0.25) is 0 Å². The lowest BCUT2D eigenvalue weighted by atomic mass is 9.97. The number of halogens is 6. The summed E-state index contributed by atoms with van der Waals surface area (Å²) in [5.41, 5.74) is -7.18. The van der Waals surface area contributed by atoms with E-state index in [0.29, 0.717) is 5.56 Å². The average Bonchev–Trinajstić information content (AvgIpc) is 3.38. The van der Waals surface area contributed by atoms with Crippen molar-refractivity contribution in [2.75, 3.05) is 18.9 Å². The fraction of sp³-hybridized carbons (Fsp3) is 0.320. The number of pyridine rings is 1. The number of carbonyl (C=O) groups excluding carboxylic acids is 1. The third-order valence-corrected chi connectivity index (χ3v) is 6.08. The Balaban J connectivity index is 1.95. The third kappa shape index (κ3) is 6.16. The Morgan fingerprint density at radius 3 is 2.46 bits per heavy atom. The summed E-state index contributed by atoms with van der Waals surface area (Å²) in [6, 6.07) is 8.21. The van der Waals surface area contributed by atoms with Crippen LogP contribution in [0.25, 0.3) is 11.6 Å². The first kappa shape index (κ1) is 29.5. The normalized spacial score (nSPS) is 18.2.